The molecule has 0 aromatic carbocycles. The standard InChI is InChI=1S/C14H30O2/c1-4-10-15-12-8-7-9-14(6-3)13-16-11-5-2/h14H,4-13H2,1-3H3. The van der Waals surface area contributed by atoms with Gasteiger partial charge in [0.2, 0.25) is 0 Å². The zero-order chi connectivity index (χ0) is 12.1. The second-order valence-electron chi connectivity index (χ2n) is 4.46. The lowest BCUT2D eigenvalue weighted by atomic mass is 10.0. The quantitative estimate of drug-likeness (QED) is 0.471. The first-order valence-electron chi connectivity index (χ1n) is 7.00. The lowest BCUT2D eigenvalue weighted by Gasteiger charge is -2.14. The highest BCUT2D eigenvalue weighted by Gasteiger charge is 2.05. The largest absolute Gasteiger partial charge is 0.381 e. The molecule has 0 saturated heterocycles. The molecule has 0 bridgehead atoms. The number of ether oxygens (including phenoxy) is 2. The Kier molecular flexibility index (Phi) is 12.9. The maximum atomic E-state index is 5.60. The van der Waals surface area contributed by atoms with Crippen LogP contribution < -0.4 is 0 Å². The summed E-state index contributed by atoms with van der Waals surface area (Å²) in [4.78, 5) is 0. The van der Waals surface area contributed by atoms with Gasteiger partial charge >= 0.3 is 0 Å². The summed E-state index contributed by atoms with van der Waals surface area (Å²) in [6.45, 7) is 10.3. The first kappa shape index (κ1) is 15.9. The minimum Gasteiger partial charge on any atom is -0.381 e. The van der Waals surface area contributed by atoms with Crippen LogP contribution in [0, 0.1) is 5.92 Å². The molecule has 0 amide bonds. The molecule has 0 aliphatic rings. The molecule has 0 aliphatic heterocycles. The van der Waals surface area contributed by atoms with Crippen LogP contribution in [0.2, 0.25) is 0 Å². The van der Waals surface area contributed by atoms with Gasteiger partial charge in [-0.1, -0.05) is 33.6 Å². The first-order valence-corrected chi connectivity index (χ1v) is 7.00. The van der Waals surface area contributed by atoms with Crippen molar-refractivity contribution in [1.29, 1.82) is 0 Å². The van der Waals surface area contributed by atoms with Crippen LogP contribution in [0.5, 0.6) is 0 Å². The second-order valence-corrected chi connectivity index (χ2v) is 4.46. The van der Waals surface area contributed by atoms with Gasteiger partial charge in [0.15, 0.2) is 0 Å². The van der Waals surface area contributed by atoms with Gasteiger partial charge in [0.05, 0.1) is 0 Å². The predicted molar refractivity (Wildman–Crippen MR) is 69.9 cm³/mol. The Hall–Kier alpha value is -0.0800. The van der Waals surface area contributed by atoms with Crippen molar-refractivity contribution in [2.75, 3.05) is 26.4 Å². The van der Waals surface area contributed by atoms with Crippen LogP contribution in [-0.4, -0.2) is 26.4 Å². The Morgan fingerprint density at radius 1 is 0.812 bits per heavy atom. The van der Waals surface area contributed by atoms with Crippen molar-refractivity contribution in [2.24, 2.45) is 5.92 Å². The van der Waals surface area contributed by atoms with Crippen LogP contribution in [0.1, 0.15) is 59.3 Å². The van der Waals surface area contributed by atoms with E-state index in [0.29, 0.717) is 0 Å². The lowest BCUT2D eigenvalue weighted by molar-refractivity contribution is 0.0909. The molecule has 2 nitrogen and oxygen atoms in total. The van der Waals surface area contributed by atoms with Gasteiger partial charge < -0.3 is 9.47 Å². The summed E-state index contributed by atoms with van der Waals surface area (Å²) in [7, 11) is 0. The SMILES string of the molecule is CCCOCCCCC(CC)COCCC. The third kappa shape index (κ3) is 10.4. The van der Waals surface area contributed by atoms with Crippen molar-refractivity contribution < 1.29 is 9.47 Å². The molecular weight excluding hydrogens is 200 g/mol. The topological polar surface area (TPSA) is 18.5 Å². The molecule has 0 rings (SSSR count). The average molecular weight is 230 g/mol. The maximum absolute atomic E-state index is 5.60. The molecule has 1 atom stereocenters. The monoisotopic (exact) mass is 230 g/mol. The van der Waals surface area contributed by atoms with E-state index in [0.717, 1.165) is 45.2 Å². The number of rotatable bonds is 12. The molecule has 0 aromatic heterocycles. The van der Waals surface area contributed by atoms with Crippen molar-refractivity contribution in [3.63, 3.8) is 0 Å². The van der Waals surface area contributed by atoms with Gasteiger partial charge in [0.1, 0.15) is 0 Å². The van der Waals surface area contributed by atoms with Crippen LogP contribution in [-0.2, 0) is 9.47 Å². The van der Waals surface area contributed by atoms with E-state index in [-0.39, 0.29) is 0 Å². The van der Waals surface area contributed by atoms with Crippen molar-refractivity contribution >= 4 is 0 Å². The summed E-state index contributed by atoms with van der Waals surface area (Å²) in [5.41, 5.74) is 0. The Bertz CT molecular complexity index is 126. The molecule has 0 N–H and O–H groups in total. The van der Waals surface area contributed by atoms with E-state index in [2.05, 4.69) is 20.8 Å². The molecule has 16 heavy (non-hydrogen) atoms. The molecular formula is C14H30O2. The van der Waals surface area contributed by atoms with Crippen LogP contribution >= 0.6 is 0 Å². The zero-order valence-corrected chi connectivity index (χ0v) is 11.5. The van der Waals surface area contributed by atoms with Gasteiger partial charge in [0.25, 0.3) is 0 Å². The summed E-state index contributed by atoms with van der Waals surface area (Å²) < 4.78 is 11.1. The normalized spacial score (nSPS) is 12.9. The molecule has 0 radical (unpaired) electrons. The summed E-state index contributed by atoms with van der Waals surface area (Å²) >= 11 is 0. The maximum Gasteiger partial charge on any atom is 0.0494 e. The molecule has 0 saturated carbocycles. The molecule has 0 aliphatic carbocycles. The number of unbranched alkanes of at least 4 members (excludes halogenated alkanes) is 1. The Balaban J connectivity index is 3.26. The molecule has 0 fully saturated rings. The Labute approximate surface area is 102 Å². The third-order valence-electron chi connectivity index (χ3n) is 2.78. The van der Waals surface area contributed by atoms with Gasteiger partial charge in [-0.25, -0.2) is 0 Å². The molecule has 0 aromatic rings. The molecule has 0 spiro atoms. The van der Waals surface area contributed by atoms with Crippen molar-refractivity contribution in [2.45, 2.75) is 59.3 Å². The Morgan fingerprint density at radius 2 is 1.50 bits per heavy atom. The first-order chi connectivity index (χ1) is 7.85. The van der Waals surface area contributed by atoms with Gasteiger partial charge in [0, 0.05) is 26.4 Å². The van der Waals surface area contributed by atoms with Crippen LogP contribution in [0.25, 0.3) is 0 Å². The number of hydrogen-bond acceptors (Lipinski definition) is 2. The minimum atomic E-state index is 0.748. The Morgan fingerprint density at radius 3 is 2.12 bits per heavy atom. The highest BCUT2D eigenvalue weighted by molar-refractivity contribution is 4.56. The molecule has 1 unspecified atom stereocenters. The highest BCUT2D eigenvalue weighted by atomic mass is 16.5. The second kappa shape index (κ2) is 13.0. The van der Waals surface area contributed by atoms with E-state index in [1.807, 2.05) is 0 Å². The number of hydrogen-bond donors (Lipinski definition) is 0. The van der Waals surface area contributed by atoms with E-state index in [9.17, 15) is 0 Å². The van der Waals surface area contributed by atoms with Crippen molar-refractivity contribution in [3.05, 3.63) is 0 Å². The summed E-state index contributed by atoms with van der Waals surface area (Å²) in [5.74, 6) is 0.748. The smallest absolute Gasteiger partial charge is 0.0494 e. The van der Waals surface area contributed by atoms with E-state index in [1.165, 1.54) is 25.7 Å². The summed E-state index contributed by atoms with van der Waals surface area (Å²) in [6, 6.07) is 0. The van der Waals surface area contributed by atoms with Crippen molar-refractivity contribution in [1.82, 2.24) is 0 Å². The van der Waals surface area contributed by atoms with Crippen LogP contribution in [0.4, 0.5) is 0 Å². The summed E-state index contributed by atoms with van der Waals surface area (Å²) in [5, 5.41) is 0. The van der Waals surface area contributed by atoms with E-state index < -0.39 is 0 Å². The molecule has 98 valence electrons. The highest BCUT2D eigenvalue weighted by Crippen LogP contribution is 2.13. The van der Waals surface area contributed by atoms with Gasteiger partial charge in [-0.3, -0.25) is 0 Å². The fourth-order valence-electron chi connectivity index (χ4n) is 1.68. The van der Waals surface area contributed by atoms with Gasteiger partial charge in [-0.2, -0.15) is 0 Å². The molecule has 2 heteroatoms. The fourth-order valence-corrected chi connectivity index (χ4v) is 1.68. The third-order valence-corrected chi connectivity index (χ3v) is 2.78. The predicted octanol–water partition coefficient (Wildman–Crippen LogP) is 4.04. The molecule has 0 heterocycles. The van der Waals surface area contributed by atoms with E-state index >= 15 is 0 Å². The lowest BCUT2D eigenvalue weighted by Crippen LogP contribution is -2.09. The summed E-state index contributed by atoms with van der Waals surface area (Å²) in [6.07, 6.45) is 7.25. The van der Waals surface area contributed by atoms with Gasteiger partial charge in [-0.05, 0) is 31.6 Å². The fraction of sp³-hybridized carbons (Fsp3) is 1.00. The zero-order valence-electron chi connectivity index (χ0n) is 11.5. The van der Waals surface area contributed by atoms with E-state index in [1.54, 1.807) is 0 Å². The van der Waals surface area contributed by atoms with Gasteiger partial charge in [-0.15, -0.1) is 0 Å². The average Bonchev–Trinajstić information content (AvgIpc) is 2.31. The van der Waals surface area contributed by atoms with Crippen LogP contribution in [0.15, 0.2) is 0 Å². The van der Waals surface area contributed by atoms with E-state index in [4.69, 9.17) is 9.47 Å². The minimum absolute atomic E-state index is 0.748. The van der Waals surface area contributed by atoms with Crippen molar-refractivity contribution in [3.8, 4) is 0 Å². The van der Waals surface area contributed by atoms with Crippen LogP contribution in [0.3, 0.4) is 0 Å².